The van der Waals surface area contributed by atoms with Crippen molar-refractivity contribution in [3.8, 4) is 6.07 Å². The van der Waals surface area contributed by atoms with Gasteiger partial charge in [0.05, 0.1) is 11.8 Å². The van der Waals surface area contributed by atoms with E-state index in [1.165, 1.54) is 0 Å². The molecule has 0 radical (unpaired) electrons. The fourth-order valence-corrected chi connectivity index (χ4v) is 1.88. The molecule has 1 N–H and O–H groups in total. The van der Waals surface area contributed by atoms with Crippen LogP contribution in [0.15, 0.2) is 34.9 Å². The summed E-state index contributed by atoms with van der Waals surface area (Å²) in [7, 11) is 0. The molecular formula is C15H17N3O. The van der Waals surface area contributed by atoms with Gasteiger partial charge in [0.15, 0.2) is 0 Å². The third-order valence-corrected chi connectivity index (χ3v) is 2.94. The van der Waals surface area contributed by atoms with E-state index in [4.69, 9.17) is 9.68 Å². The maximum absolute atomic E-state index is 9.06. The summed E-state index contributed by atoms with van der Waals surface area (Å²) < 4.78 is 5.30. The van der Waals surface area contributed by atoms with Crippen LogP contribution >= 0.6 is 0 Å². The Balaban J connectivity index is 1.97. The highest BCUT2D eigenvalue weighted by atomic mass is 16.3. The summed E-state index contributed by atoms with van der Waals surface area (Å²) in [4.78, 5) is 4.37. The van der Waals surface area contributed by atoms with E-state index >= 15 is 0 Å². The molecule has 0 saturated carbocycles. The molecule has 98 valence electrons. The summed E-state index contributed by atoms with van der Waals surface area (Å²) >= 11 is 0. The second kappa shape index (κ2) is 6.05. The third-order valence-electron chi connectivity index (χ3n) is 2.94. The first-order valence-corrected chi connectivity index (χ1v) is 6.35. The van der Waals surface area contributed by atoms with E-state index < -0.39 is 0 Å². The number of nitrogens with zero attached hydrogens (tertiary/aromatic N) is 2. The van der Waals surface area contributed by atoms with E-state index in [-0.39, 0.29) is 6.04 Å². The molecule has 0 amide bonds. The van der Waals surface area contributed by atoms with Crippen molar-refractivity contribution in [1.29, 1.82) is 5.26 Å². The fourth-order valence-electron chi connectivity index (χ4n) is 1.88. The average molecular weight is 255 g/mol. The number of aryl methyl sites for hydroxylation is 2. The number of aromatic nitrogens is 1. The van der Waals surface area contributed by atoms with E-state index in [9.17, 15) is 0 Å². The molecule has 0 bridgehead atoms. The standard InChI is InChI=1S/C15H17N3O/c1-11-5-7-13(10-16)15(17-11)18-12(2)6-8-14-4-3-9-19-14/h3-5,7,9,12H,6,8H2,1-2H3,(H,17,18). The molecular weight excluding hydrogens is 238 g/mol. The van der Waals surface area contributed by atoms with Gasteiger partial charge in [0.2, 0.25) is 0 Å². The van der Waals surface area contributed by atoms with Crippen LogP contribution in [0.3, 0.4) is 0 Å². The predicted molar refractivity (Wildman–Crippen MR) is 73.8 cm³/mol. The summed E-state index contributed by atoms with van der Waals surface area (Å²) in [6.07, 6.45) is 3.48. The molecule has 19 heavy (non-hydrogen) atoms. The molecule has 4 heteroatoms. The van der Waals surface area contributed by atoms with Crippen LogP contribution in [-0.2, 0) is 6.42 Å². The van der Waals surface area contributed by atoms with Gasteiger partial charge in [-0.3, -0.25) is 0 Å². The largest absolute Gasteiger partial charge is 0.469 e. The zero-order valence-corrected chi connectivity index (χ0v) is 11.2. The highest BCUT2D eigenvalue weighted by Gasteiger charge is 2.09. The number of hydrogen-bond acceptors (Lipinski definition) is 4. The maximum Gasteiger partial charge on any atom is 0.144 e. The van der Waals surface area contributed by atoms with Gasteiger partial charge in [0, 0.05) is 18.2 Å². The van der Waals surface area contributed by atoms with Crippen LogP contribution in [0.5, 0.6) is 0 Å². The van der Waals surface area contributed by atoms with Crippen molar-refractivity contribution >= 4 is 5.82 Å². The number of nitriles is 1. The zero-order chi connectivity index (χ0) is 13.7. The Labute approximate surface area is 113 Å². The van der Waals surface area contributed by atoms with Gasteiger partial charge in [-0.2, -0.15) is 5.26 Å². The Morgan fingerprint density at radius 2 is 2.26 bits per heavy atom. The lowest BCUT2D eigenvalue weighted by atomic mass is 10.1. The smallest absolute Gasteiger partial charge is 0.144 e. The molecule has 0 aliphatic heterocycles. The molecule has 2 heterocycles. The molecule has 1 unspecified atom stereocenters. The second-order valence-corrected chi connectivity index (χ2v) is 4.62. The Hall–Kier alpha value is -2.28. The van der Waals surface area contributed by atoms with E-state index in [0.717, 1.165) is 24.3 Å². The van der Waals surface area contributed by atoms with Gasteiger partial charge in [0.1, 0.15) is 17.6 Å². The normalized spacial score (nSPS) is 11.8. The van der Waals surface area contributed by atoms with Gasteiger partial charge in [-0.25, -0.2) is 4.98 Å². The van der Waals surface area contributed by atoms with Crippen molar-refractivity contribution in [2.24, 2.45) is 0 Å². The lowest BCUT2D eigenvalue weighted by Crippen LogP contribution is -2.18. The summed E-state index contributed by atoms with van der Waals surface area (Å²) in [5.41, 5.74) is 1.48. The Morgan fingerprint density at radius 3 is 2.95 bits per heavy atom. The molecule has 0 aromatic carbocycles. The summed E-state index contributed by atoms with van der Waals surface area (Å²) in [5, 5.41) is 12.3. The number of hydrogen-bond donors (Lipinski definition) is 1. The van der Waals surface area contributed by atoms with Crippen LogP contribution in [0.1, 0.15) is 30.4 Å². The molecule has 2 aromatic heterocycles. The van der Waals surface area contributed by atoms with E-state index in [0.29, 0.717) is 11.4 Å². The van der Waals surface area contributed by atoms with Crippen molar-refractivity contribution < 1.29 is 4.42 Å². The molecule has 4 nitrogen and oxygen atoms in total. The maximum atomic E-state index is 9.06. The minimum absolute atomic E-state index is 0.228. The quantitative estimate of drug-likeness (QED) is 0.890. The summed E-state index contributed by atoms with van der Waals surface area (Å²) in [5.74, 6) is 1.64. The Bertz CT molecular complexity index is 570. The van der Waals surface area contributed by atoms with Gasteiger partial charge in [-0.05, 0) is 44.5 Å². The molecule has 0 aliphatic rings. The number of rotatable bonds is 5. The number of furan rings is 1. The first-order chi connectivity index (χ1) is 9.19. The van der Waals surface area contributed by atoms with E-state index in [1.807, 2.05) is 25.1 Å². The van der Waals surface area contributed by atoms with Crippen LogP contribution in [0.2, 0.25) is 0 Å². The summed E-state index contributed by atoms with van der Waals surface area (Å²) in [6.45, 7) is 3.99. The van der Waals surface area contributed by atoms with Crippen molar-refractivity contribution in [3.63, 3.8) is 0 Å². The predicted octanol–water partition coefficient (Wildman–Crippen LogP) is 3.29. The number of pyridine rings is 1. The van der Waals surface area contributed by atoms with Gasteiger partial charge in [0.25, 0.3) is 0 Å². The molecule has 0 aliphatic carbocycles. The number of anilines is 1. The van der Waals surface area contributed by atoms with Crippen LogP contribution < -0.4 is 5.32 Å². The first kappa shape index (κ1) is 13.2. The lowest BCUT2D eigenvalue weighted by molar-refractivity contribution is 0.495. The van der Waals surface area contributed by atoms with Gasteiger partial charge in [-0.1, -0.05) is 0 Å². The fraction of sp³-hybridized carbons (Fsp3) is 0.333. The Morgan fingerprint density at radius 1 is 1.42 bits per heavy atom. The van der Waals surface area contributed by atoms with Crippen LogP contribution in [-0.4, -0.2) is 11.0 Å². The second-order valence-electron chi connectivity index (χ2n) is 4.62. The molecule has 1 atom stereocenters. The number of nitrogens with one attached hydrogen (secondary N) is 1. The molecule has 0 fully saturated rings. The van der Waals surface area contributed by atoms with Crippen molar-refractivity contribution in [2.75, 3.05) is 5.32 Å². The van der Waals surface area contributed by atoms with Gasteiger partial charge < -0.3 is 9.73 Å². The molecule has 2 rings (SSSR count). The highest BCUT2D eigenvalue weighted by molar-refractivity contribution is 5.52. The van der Waals surface area contributed by atoms with Gasteiger partial charge in [-0.15, -0.1) is 0 Å². The van der Waals surface area contributed by atoms with Crippen molar-refractivity contribution in [1.82, 2.24) is 4.98 Å². The Kier molecular flexibility index (Phi) is 4.19. The molecule has 0 saturated heterocycles. The monoisotopic (exact) mass is 255 g/mol. The van der Waals surface area contributed by atoms with Crippen LogP contribution in [0, 0.1) is 18.3 Å². The lowest BCUT2D eigenvalue weighted by Gasteiger charge is -2.15. The van der Waals surface area contributed by atoms with Crippen LogP contribution in [0.4, 0.5) is 5.82 Å². The SMILES string of the molecule is Cc1ccc(C#N)c(NC(C)CCc2ccco2)n1. The highest BCUT2D eigenvalue weighted by Crippen LogP contribution is 2.15. The minimum atomic E-state index is 0.228. The first-order valence-electron chi connectivity index (χ1n) is 6.35. The third kappa shape index (κ3) is 3.59. The van der Waals surface area contributed by atoms with Crippen molar-refractivity contribution in [2.45, 2.75) is 32.7 Å². The van der Waals surface area contributed by atoms with E-state index in [2.05, 4.69) is 23.3 Å². The van der Waals surface area contributed by atoms with Crippen LogP contribution in [0.25, 0.3) is 0 Å². The molecule has 0 spiro atoms. The summed E-state index contributed by atoms with van der Waals surface area (Å²) in [6, 6.07) is 9.89. The van der Waals surface area contributed by atoms with Gasteiger partial charge >= 0.3 is 0 Å². The topological polar surface area (TPSA) is 61.9 Å². The minimum Gasteiger partial charge on any atom is -0.469 e. The zero-order valence-electron chi connectivity index (χ0n) is 11.2. The molecule has 2 aromatic rings. The van der Waals surface area contributed by atoms with E-state index in [1.54, 1.807) is 12.3 Å². The van der Waals surface area contributed by atoms with Crippen molar-refractivity contribution in [3.05, 3.63) is 47.5 Å². The average Bonchev–Trinajstić information content (AvgIpc) is 2.90.